The molecule has 0 N–H and O–H groups in total. The average Bonchev–Trinajstić information content (AvgIpc) is 2.87. The quantitative estimate of drug-likeness (QED) is 0.326. The minimum atomic E-state index is -0.0147. The molecular formula is C30H18O2. The van der Waals surface area contributed by atoms with Crippen molar-refractivity contribution < 1.29 is 9.59 Å². The minimum absolute atomic E-state index is 0.0147. The van der Waals surface area contributed by atoms with Gasteiger partial charge < -0.3 is 0 Å². The molecule has 0 fully saturated rings. The molecule has 150 valence electrons. The fraction of sp³-hybridized carbons (Fsp3) is 0. The van der Waals surface area contributed by atoms with Crippen molar-refractivity contribution in [3.8, 4) is 23.7 Å². The highest BCUT2D eigenvalue weighted by Gasteiger charge is 2.08. The van der Waals surface area contributed by atoms with E-state index in [-0.39, 0.29) is 11.6 Å². The van der Waals surface area contributed by atoms with Gasteiger partial charge in [0, 0.05) is 33.4 Å². The molecule has 0 unspecified atom stereocenters. The summed E-state index contributed by atoms with van der Waals surface area (Å²) in [6.45, 7) is 0. The Hall–Kier alpha value is -4.66. The van der Waals surface area contributed by atoms with E-state index in [1.54, 1.807) is 48.5 Å². The van der Waals surface area contributed by atoms with Crippen molar-refractivity contribution in [1.82, 2.24) is 0 Å². The van der Waals surface area contributed by atoms with Crippen molar-refractivity contribution in [2.75, 3.05) is 0 Å². The summed E-state index contributed by atoms with van der Waals surface area (Å²) in [5.41, 5.74) is 4.14. The second-order valence-corrected chi connectivity index (χ2v) is 7.04. The standard InChI is InChI=1S/C30H18O2/c31-29(25-11-3-1-4-12-25)27-19-15-23(16-20-27)9-7-8-10-24-17-21-28(22-18-24)30(32)26-13-5-2-6-14-26/h1-6,11-22H. The maximum absolute atomic E-state index is 12.4. The average molecular weight is 410 g/mol. The Kier molecular flexibility index (Phi) is 6.37. The summed E-state index contributed by atoms with van der Waals surface area (Å²) in [6, 6.07) is 32.7. The number of hydrogen-bond acceptors (Lipinski definition) is 2. The lowest BCUT2D eigenvalue weighted by Gasteiger charge is -2.01. The van der Waals surface area contributed by atoms with Crippen LogP contribution in [0.15, 0.2) is 109 Å². The maximum Gasteiger partial charge on any atom is 0.193 e. The summed E-state index contributed by atoms with van der Waals surface area (Å²) in [6.07, 6.45) is 0. The van der Waals surface area contributed by atoms with Crippen LogP contribution in [0.25, 0.3) is 0 Å². The molecule has 0 aliphatic heterocycles. The van der Waals surface area contributed by atoms with Crippen LogP contribution in [0.5, 0.6) is 0 Å². The van der Waals surface area contributed by atoms with Crippen molar-refractivity contribution in [2.24, 2.45) is 0 Å². The third-order valence-corrected chi connectivity index (χ3v) is 4.84. The number of ketones is 2. The summed E-state index contributed by atoms with van der Waals surface area (Å²) in [7, 11) is 0. The first-order chi connectivity index (χ1) is 15.7. The summed E-state index contributed by atoms with van der Waals surface area (Å²) in [5.74, 6) is 11.6. The van der Waals surface area contributed by atoms with E-state index >= 15 is 0 Å². The predicted molar refractivity (Wildman–Crippen MR) is 126 cm³/mol. The van der Waals surface area contributed by atoms with Crippen LogP contribution in [0.1, 0.15) is 43.0 Å². The van der Waals surface area contributed by atoms with Gasteiger partial charge in [0.25, 0.3) is 0 Å². The van der Waals surface area contributed by atoms with Crippen LogP contribution in [0.4, 0.5) is 0 Å². The number of hydrogen-bond donors (Lipinski definition) is 0. The lowest BCUT2D eigenvalue weighted by Crippen LogP contribution is -2.00. The van der Waals surface area contributed by atoms with Gasteiger partial charge in [0.05, 0.1) is 0 Å². The zero-order chi connectivity index (χ0) is 22.2. The van der Waals surface area contributed by atoms with Crippen LogP contribution < -0.4 is 0 Å². The van der Waals surface area contributed by atoms with Gasteiger partial charge in [-0.1, -0.05) is 72.5 Å². The van der Waals surface area contributed by atoms with Crippen LogP contribution >= 0.6 is 0 Å². The fourth-order valence-corrected chi connectivity index (χ4v) is 3.13. The van der Waals surface area contributed by atoms with Crippen molar-refractivity contribution in [3.63, 3.8) is 0 Å². The van der Waals surface area contributed by atoms with Gasteiger partial charge in [0.2, 0.25) is 0 Å². The third-order valence-electron chi connectivity index (χ3n) is 4.84. The van der Waals surface area contributed by atoms with E-state index in [1.807, 2.05) is 60.7 Å². The van der Waals surface area contributed by atoms with Crippen molar-refractivity contribution in [2.45, 2.75) is 0 Å². The zero-order valence-corrected chi connectivity index (χ0v) is 17.2. The normalized spacial score (nSPS) is 9.62. The van der Waals surface area contributed by atoms with Crippen LogP contribution in [0, 0.1) is 23.7 Å². The van der Waals surface area contributed by atoms with Crippen LogP contribution in [0.3, 0.4) is 0 Å². The highest BCUT2D eigenvalue weighted by atomic mass is 16.1. The maximum atomic E-state index is 12.4. The first-order valence-electron chi connectivity index (χ1n) is 10.1. The molecule has 0 heterocycles. The van der Waals surface area contributed by atoms with Crippen LogP contribution in [0.2, 0.25) is 0 Å². The molecule has 0 amide bonds. The second kappa shape index (κ2) is 9.90. The predicted octanol–water partition coefficient (Wildman–Crippen LogP) is 5.55. The molecule has 4 rings (SSSR count). The number of rotatable bonds is 4. The van der Waals surface area contributed by atoms with E-state index in [2.05, 4.69) is 23.7 Å². The van der Waals surface area contributed by atoms with Gasteiger partial charge in [0.15, 0.2) is 11.6 Å². The first-order valence-corrected chi connectivity index (χ1v) is 10.1. The molecule has 32 heavy (non-hydrogen) atoms. The molecule has 4 aromatic carbocycles. The van der Waals surface area contributed by atoms with Gasteiger partial charge in [-0.15, -0.1) is 0 Å². The van der Waals surface area contributed by atoms with Crippen LogP contribution in [-0.4, -0.2) is 11.6 Å². The molecule has 4 aromatic rings. The van der Waals surface area contributed by atoms with Gasteiger partial charge in [-0.3, -0.25) is 9.59 Å². The van der Waals surface area contributed by atoms with Crippen molar-refractivity contribution in [1.29, 1.82) is 0 Å². The lowest BCUT2D eigenvalue weighted by atomic mass is 10.0. The van der Waals surface area contributed by atoms with E-state index in [4.69, 9.17) is 0 Å². The molecule has 0 bridgehead atoms. The number of benzene rings is 4. The molecule has 0 saturated carbocycles. The Labute approximate surface area is 187 Å². The lowest BCUT2D eigenvalue weighted by molar-refractivity contribution is 0.103. The summed E-state index contributed by atoms with van der Waals surface area (Å²) >= 11 is 0. The summed E-state index contributed by atoms with van der Waals surface area (Å²) < 4.78 is 0. The Balaban J connectivity index is 1.40. The monoisotopic (exact) mass is 410 g/mol. The molecule has 0 spiro atoms. The van der Waals surface area contributed by atoms with Crippen molar-refractivity contribution in [3.05, 3.63) is 143 Å². The summed E-state index contributed by atoms with van der Waals surface area (Å²) in [5, 5.41) is 0. The van der Waals surface area contributed by atoms with Crippen molar-refractivity contribution >= 4 is 11.6 Å². The Morgan fingerprint density at radius 3 is 1.06 bits per heavy atom. The molecule has 0 atom stereocenters. The molecule has 0 aromatic heterocycles. The highest BCUT2D eigenvalue weighted by Crippen LogP contribution is 2.12. The largest absolute Gasteiger partial charge is 0.289 e. The SMILES string of the molecule is O=C(c1ccccc1)c1ccc(C#CC#Cc2ccc(C(=O)c3ccccc3)cc2)cc1. The van der Waals surface area contributed by atoms with Gasteiger partial charge in [-0.25, -0.2) is 0 Å². The molecule has 0 saturated heterocycles. The molecular weight excluding hydrogens is 392 g/mol. The smallest absolute Gasteiger partial charge is 0.193 e. The fourth-order valence-electron chi connectivity index (χ4n) is 3.13. The van der Waals surface area contributed by atoms with E-state index < -0.39 is 0 Å². The Morgan fingerprint density at radius 1 is 0.406 bits per heavy atom. The third kappa shape index (κ3) is 5.08. The van der Waals surface area contributed by atoms with E-state index in [0.29, 0.717) is 22.3 Å². The topological polar surface area (TPSA) is 34.1 Å². The number of carbonyl (C=O) groups is 2. The van der Waals surface area contributed by atoms with Gasteiger partial charge in [0.1, 0.15) is 0 Å². The molecule has 2 heteroatoms. The van der Waals surface area contributed by atoms with E-state index in [0.717, 1.165) is 11.1 Å². The van der Waals surface area contributed by atoms with Gasteiger partial charge in [-0.05, 0) is 60.4 Å². The molecule has 0 radical (unpaired) electrons. The van der Waals surface area contributed by atoms with Gasteiger partial charge in [-0.2, -0.15) is 0 Å². The summed E-state index contributed by atoms with van der Waals surface area (Å²) in [4.78, 5) is 24.9. The molecule has 0 aliphatic rings. The molecule has 2 nitrogen and oxygen atoms in total. The zero-order valence-electron chi connectivity index (χ0n) is 17.2. The van der Waals surface area contributed by atoms with Crippen LogP contribution in [-0.2, 0) is 0 Å². The molecule has 0 aliphatic carbocycles. The highest BCUT2D eigenvalue weighted by molar-refractivity contribution is 6.09. The minimum Gasteiger partial charge on any atom is -0.289 e. The number of carbonyl (C=O) groups excluding carboxylic acids is 2. The van der Waals surface area contributed by atoms with Gasteiger partial charge >= 0.3 is 0 Å². The second-order valence-electron chi connectivity index (χ2n) is 7.04. The van der Waals surface area contributed by atoms with E-state index in [1.165, 1.54) is 0 Å². The Bertz CT molecular complexity index is 1250. The van der Waals surface area contributed by atoms with E-state index in [9.17, 15) is 9.59 Å². The first kappa shape index (κ1) is 20.6. The Morgan fingerprint density at radius 2 is 0.719 bits per heavy atom.